The smallest absolute Gasteiger partial charge is 0.0379 e. The van der Waals surface area contributed by atoms with Gasteiger partial charge in [-0.25, -0.2) is 0 Å². The Bertz CT molecular complexity index is 313. The molecule has 1 aromatic heterocycles. The highest BCUT2D eigenvalue weighted by molar-refractivity contribution is 5.23. The van der Waals surface area contributed by atoms with Crippen molar-refractivity contribution in [3.8, 4) is 0 Å². The maximum absolute atomic E-state index is 4.42. The van der Waals surface area contributed by atoms with Crippen molar-refractivity contribution in [2.75, 3.05) is 7.05 Å². The Kier molecular flexibility index (Phi) is 4.94. The first-order valence-electron chi connectivity index (χ1n) is 6.19. The largest absolute Gasteiger partial charge is 0.313 e. The SMILES string of the molecule is CCC(C)CC(NC)c1cc(C)nc(C)c1. The van der Waals surface area contributed by atoms with Gasteiger partial charge in [0.05, 0.1) is 0 Å². The van der Waals surface area contributed by atoms with Crippen molar-refractivity contribution < 1.29 is 0 Å². The van der Waals surface area contributed by atoms with Crippen molar-refractivity contribution in [3.05, 3.63) is 29.1 Å². The lowest BCUT2D eigenvalue weighted by Crippen LogP contribution is -2.19. The number of hydrogen-bond acceptors (Lipinski definition) is 2. The van der Waals surface area contributed by atoms with Crippen LogP contribution in [0.3, 0.4) is 0 Å². The van der Waals surface area contributed by atoms with E-state index in [0.29, 0.717) is 6.04 Å². The average molecular weight is 220 g/mol. The molecule has 0 spiro atoms. The van der Waals surface area contributed by atoms with Gasteiger partial charge in [0.2, 0.25) is 0 Å². The van der Waals surface area contributed by atoms with E-state index in [-0.39, 0.29) is 0 Å². The van der Waals surface area contributed by atoms with Gasteiger partial charge < -0.3 is 5.32 Å². The number of aromatic nitrogens is 1. The fourth-order valence-corrected chi connectivity index (χ4v) is 2.06. The van der Waals surface area contributed by atoms with Gasteiger partial charge in [0.25, 0.3) is 0 Å². The Labute approximate surface area is 99.5 Å². The monoisotopic (exact) mass is 220 g/mol. The molecule has 0 saturated carbocycles. The molecular formula is C14H24N2. The number of pyridine rings is 1. The average Bonchev–Trinajstić information content (AvgIpc) is 2.24. The van der Waals surface area contributed by atoms with Crippen LogP contribution in [0.15, 0.2) is 12.1 Å². The predicted octanol–water partition coefficient (Wildman–Crippen LogP) is 3.40. The molecule has 0 aromatic carbocycles. The molecular weight excluding hydrogens is 196 g/mol. The summed E-state index contributed by atoms with van der Waals surface area (Å²) in [7, 11) is 2.04. The van der Waals surface area contributed by atoms with Gasteiger partial charge in [-0.15, -0.1) is 0 Å². The standard InChI is InChI=1S/C14H24N2/c1-6-10(2)7-14(15-5)13-8-11(3)16-12(4)9-13/h8-10,14-15H,6-7H2,1-5H3. The molecule has 0 fully saturated rings. The Balaban J connectivity index is 2.86. The molecule has 0 amide bonds. The van der Waals surface area contributed by atoms with Crippen LogP contribution in [-0.4, -0.2) is 12.0 Å². The third kappa shape index (κ3) is 3.60. The lowest BCUT2D eigenvalue weighted by molar-refractivity contribution is 0.421. The quantitative estimate of drug-likeness (QED) is 0.822. The summed E-state index contributed by atoms with van der Waals surface area (Å²) in [6.45, 7) is 8.69. The van der Waals surface area contributed by atoms with Gasteiger partial charge in [-0.2, -0.15) is 0 Å². The fraction of sp³-hybridized carbons (Fsp3) is 0.643. The van der Waals surface area contributed by atoms with E-state index >= 15 is 0 Å². The lowest BCUT2D eigenvalue weighted by atomic mass is 9.94. The first-order valence-corrected chi connectivity index (χ1v) is 6.19. The summed E-state index contributed by atoms with van der Waals surface area (Å²) in [5.41, 5.74) is 3.59. The van der Waals surface area contributed by atoms with Crippen molar-refractivity contribution in [1.82, 2.24) is 10.3 Å². The molecule has 2 unspecified atom stereocenters. The van der Waals surface area contributed by atoms with Gasteiger partial charge in [0.1, 0.15) is 0 Å². The molecule has 90 valence electrons. The summed E-state index contributed by atoms with van der Waals surface area (Å²) in [4.78, 5) is 4.42. The van der Waals surface area contributed by atoms with Crippen molar-refractivity contribution >= 4 is 0 Å². The van der Waals surface area contributed by atoms with Crippen LogP contribution in [0.5, 0.6) is 0 Å². The van der Waals surface area contributed by atoms with Gasteiger partial charge in [-0.3, -0.25) is 4.98 Å². The number of aryl methyl sites for hydroxylation is 2. The molecule has 2 heteroatoms. The van der Waals surface area contributed by atoms with Crippen molar-refractivity contribution in [1.29, 1.82) is 0 Å². The number of hydrogen-bond donors (Lipinski definition) is 1. The molecule has 1 heterocycles. The van der Waals surface area contributed by atoms with E-state index < -0.39 is 0 Å². The molecule has 1 rings (SSSR count). The van der Waals surface area contributed by atoms with Crippen LogP contribution < -0.4 is 5.32 Å². The van der Waals surface area contributed by atoms with Gasteiger partial charge in [-0.1, -0.05) is 20.3 Å². The molecule has 0 aliphatic rings. The van der Waals surface area contributed by atoms with Crippen LogP contribution in [0.4, 0.5) is 0 Å². The fourth-order valence-electron chi connectivity index (χ4n) is 2.06. The third-order valence-electron chi connectivity index (χ3n) is 3.19. The van der Waals surface area contributed by atoms with E-state index in [1.165, 1.54) is 18.4 Å². The van der Waals surface area contributed by atoms with Crippen LogP contribution in [0.1, 0.15) is 49.7 Å². The summed E-state index contributed by atoms with van der Waals surface area (Å²) in [5, 5.41) is 3.41. The highest BCUT2D eigenvalue weighted by Gasteiger charge is 2.13. The number of nitrogens with one attached hydrogen (secondary N) is 1. The molecule has 1 N–H and O–H groups in total. The maximum atomic E-state index is 4.42. The molecule has 2 atom stereocenters. The van der Waals surface area contributed by atoms with E-state index in [2.05, 4.69) is 50.1 Å². The number of nitrogens with zero attached hydrogens (tertiary/aromatic N) is 1. The second-order valence-corrected chi connectivity index (χ2v) is 4.77. The van der Waals surface area contributed by atoms with Gasteiger partial charge in [-0.05, 0) is 50.9 Å². The normalized spacial score (nSPS) is 14.8. The molecule has 16 heavy (non-hydrogen) atoms. The van der Waals surface area contributed by atoms with Gasteiger partial charge >= 0.3 is 0 Å². The first-order chi connectivity index (χ1) is 7.56. The van der Waals surface area contributed by atoms with Crippen molar-refractivity contribution in [2.24, 2.45) is 5.92 Å². The predicted molar refractivity (Wildman–Crippen MR) is 69.6 cm³/mol. The van der Waals surface area contributed by atoms with Crippen LogP contribution >= 0.6 is 0 Å². The number of rotatable bonds is 5. The minimum Gasteiger partial charge on any atom is -0.313 e. The van der Waals surface area contributed by atoms with Crippen LogP contribution in [0.25, 0.3) is 0 Å². The second kappa shape index (κ2) is 6.00. The highest BCUT2D eigenvalue weighted by atomic mass is 14.9. The summed E-state index contributed by atoms with van der Waals surface area (Å²) in [6, 6.07) is 4.84. The van der Waals surface area contributed by atoms with Crippen LogP contribution in [0.2, 0.25) is 0 Å². The van der Waals surface area contributed by atoms with E-state index in [0.717, 1.165) is 17.3 Å². The minimum atomic E-state index is 0.454. The molecule has 0 bridgehead atoms. The lowest BCUT2D eigenvalue weighted by Gasteiger charge is -2.20. The molecule has 0 aliphatic carbocycles. The molecule has 0 radical (unpaired) electrons. The van der Waals surface area contributed by atoms with Crippen LogP contribution in [0, 0.1) is 19.8 Å². The van der Waals surface area contributed by atoms with E-state index in [4.69, 9.17) is 0 Å². The topological polar surface area (TPSA) is 24.9 Å². The highest BCUT2D eigenvalue weighted by Crippen LogP contribution is 2.23. The summed E-state index contributed by atoms with van der Waals surface area (Å²) in [5.74, 6) is 0.756. The van der Waals surface area contributed by atoms with Gasteiger partial charge in [0, 0.05) is 17.4 Å². The zero-order valence-corrected chi connectivity index (χ0v) is 11.2. The van der Waals surface area contributed by atoms with E-state index in [1.54, 1.807) is 0 Å². The Hall–Kier alpha value is -0.890. The van der Waals surface area contributed by atoms with Crippen molar-refractivity contribution in [3.63, 3.8) is 0 Å². The van der Waals surface area contributed by atoms with E-state index in [9.17, 15) is 0 Å². The molecule has 0 saturated heterocycles. The zero-order valence-electron chi connectivity index (χ0n) is 11.2. The Morgan fingerprint density at radius 3 is 2.25 bits per heavy atom. The second-order valence-electron chi connectivity index (χ2n) is 4.77. The Morgan fingerprint density at radius 2 is 1.81 bits per heavy atom. The third-order valence-corrected chi connectivity index (χ3v) is 3.19. The maximum Gasteiger partial charge on any atom is 0.0379 e. The van der Waals surface area contributed by atoms with Crippen LogP contribution in [-0.2, 0) is 0 Å². The molecule has 2 nitrogen and oxygen atoms in total. The Morgan fingerprint density at radius 1 is 1.25 bits per heavy atom. The summed E-state index contributed by atoms with van der Waals surface area (Å²) < 4.78 is 0. The summed E-state index contributed by atoms with van der Waals surface area (Å²) >= 11 is 0. The minimum absolute atomic E-state index is 0.454. The van der Waals surface area contributed by atoms with Gasteiger partial charge in [0.15, 0.2) is 0 Å². The zero-order chi connectivity index (χ0) is 12.1. The summed E-state index contributed by atoms with van der Waals surface area (Å²) in [6.07, 6.45) is 2.43. The van der Waals surface area contributed by atoms with E-state index in [1.807, 2.05) is 7.05 Å². The molecule has 1 aromatic rings. The first kappa shape index (κ1) is 13.2. The molecule has 0 aliphatic heterocycles. The van der Waals surface area contributed by atoms with Crippen molar-refractivity contribution in [2.45, 2.75) is 46.6 Å².